The Morgan fingerprint density at radius 1 is 0.697 bits per heavy atom. The van der Waals surface area contributed by atoms with Crippen LogP contribution in [0.4, 0.5) is 5.69 Å². The van der Waals surface area contributed by atoms with Crippen molar-refractivity contribution in [2.24, 2.45) is 0 Å². The van der Waals surface area contributed by atoms with Gasteiger partial charge >= 0.3 is 5.97 Å². The van der Waals surface area contributed by atoms with Gasteiger partial charge in [0.2, 0.25) is 5.91 Å². The number of carbonyl (C=O) groups excluding carboxylic acids is 2. The number of nitrogens with one attached hydrogen (secondary N) is 1. The number of unbranched alkanes of at least 4 members (excludes halogenated alkanes) is 8. The molecule has 0 unspecified atom stereocenters. The number of hydrogen-bond acceptors (Lipinski definition) is 4. The van der Waals surface area contributed by atoms with E-state index in [1.165, 1.54) is 32.1 Å². The number of anilines is 1. The molecule has 0 aliphatic carbocycles. The summed E-state index contributed by atoms with van der Waals surface area (Å²) in [6.07, 6.45) is 12.1. The zero-order valence-corrected chi connectivity index (χ0v) is 20.2. The average molecular weight is 454 g/mol. The molecule has 0 bridgehead atoms. The monoisotopic (exact) mass is 453 g/mol. The lowest BCUT2D eigenvalue weighted by Crippen LogP contribution is -2.12. The molecule has 0 saturated carbocycles. The van der Waals surface area contributed by atoms with Gasteiger partial charge in [-0.3, -0.25) is 4.79 Å². The maximum absolute atomic E-state index is 12.4. The normalized spacial score (nSPS) is 10.6. The highest BCUT2D eigenvalue weighted by Gasteiger charge is 2.10. The van der Waals surface area contributed by atoms with Crippen molar-refractivity contribution in [1.29, 1.82) is 0 Å². The highest BCUT2D eigenvalue weighted by atomic mass is 16.5. The Morgan fingerprint density at radius 3 is 1.94 bits per heavy atom. The molecule has 0 radical (unpaired) electrons. The minimum atomic E-state index is -0.437. The van der Waals surface area contributed by atoms with Gasteiger partial charge in [0.1, 0.15) is 11.5 Å². The molecule has 5 heteroatoms. The summed E-state index contributed by atoms with van der Waals surface area (Å²) in [5.41, 5.74) is 1.11. The second-order valence-electron chi connectivity index (χ2n) is 8.41. The third-order valence-corrected chi connectivity index (χ3v) is 5.46. The van der Waals surface area contributed by atoms with E-state index < -0.39 is 5.97 Å². The first-order valence-electron chi connectivity index (χ1n) is 12.5. The van der Waals surface area contributed by atoms with Gasteiger partial charge in [-0.25, -0.2) is 4.79 Å². The van der Waals surface area contributed by atoms with Crippen molar-refractivity contribution in [1.82, 2.24) is 0 Å². The molecule has 1 N–H and O–H groups in total. The fourth-order valence-electron chi connectivity index (χ4n) is 3.47. The van der Waals surface area contributed by atoms with Crippen molar-refractivity contribution >= 4 is 17.6 Å². The Hall–Kier alpha value is -2.82. The molecule has 33 heavy (non-hydrogen) atoms. The standard InChI is InChI=1S/C28H39NO4/c1-3-5-7-8-9-10-11-13-27(30)29-24-16-14-23(15-17-24)28(31)33-26-20-18-25(19-21-26)32-22-12-6-4-2/h14-21H,3-13,22H2,1-2H3,(H,29,30). The van der Waals surface area contributed by atoms with Crippen molar-refractivity contribution < 1.29 is 19.1 Å². The van der Waals surface area contributed by atoms with Crippen molar-refractivity contribution in [3.05, 3.63) is 54.1 Å². The maximum Gasteiger partial charge on any atom is 0.343 e. The lowest BCUT2D eigenvalue weighted by Gasteiger charge is -2.09. The van der Waals surface area contributed by atoms with Crippen LogP contribution in [0.2, 0.25) is 0 Å². The summed E-state index contributed by atoms with van der Waals surface area (Å²) in [6, 6.07) is 13.8. The van der Waals surface area contributed by atoms with E-state index in [9.17, 15) is 9.59 Å². The Labute approximate surface area is 198 Å². The van der Waals surface area contributed by atoms with Gasteiger partial charge in [-0.05, 0) is 61.4 Å². The quantitative estimate of drug-likeness (QED) is 0.162. The molecule has 2 aromatic rings. The van der Waals surface area contributed by atoms with Crippen LogP contribution in [0, 0.1) is 0 Å². The zero-order valence-electron chi connectivity index (χ0n) is 20.2. The Kier molecular flexibility index (Phi) is 12.7. The van der Waals surface area contributed by atoms with Crippen LogP contribution in [-0.4, -0.2) is 18.5 Å². The number of esters is 1. The van der Waals surface area contributed by atoms with Gasteiger partial charge in [0, 0.05) is 12.1 Å². The molecule has 1 amide bonds. The van der Waals surface area contributed by atoms with E-state index in [0.29, 0.717) is 30.0 Å². The molecule has 5 nitrogen and oxygen atoms in total. The fourth-order valence-corrected chi connectivity index (χ4v) is 3.47. The molecular formula is C28H39NO4. The van der Waals surface area contributed by atoms with Crippen LogP contribution < -0.4 is 14.8 Å². The summed E-state index contributed by atoms with van der Waals surface area (Å²) in [7, 11) is 0. The predicted octanol–water partition coefficient (Wildman–Crippen LogP) is 7.55. The van der Waals surface area contributed by atoms with Gasteiger partial charge in [0.15, 0.2) is 0 Å². The maximum atomic E-state index is 12.4. The van der Waals surface area contributed by atoms with Crippen LogP contribution in [0.15, 0.2) is 48.5 Å². The van der Waals surface area contributed by atoms with E-state index in [-0.39, 0.29) is 5.91 Å². The number of carbonyl (C=O) groups is 2. The van der Waals surface area contributed by atoms with Gasteiger partial charge in [0.25, 0.3) is 0 Å². The third kappa shape index (κ3) is 11.0. The first-order valence-corrected chi connectivity index (χ1v) is 12.5. The van der Waals surface area contributed by atoms with Crippen molar-refractivity contribution in [3.8, 4) is 11.5 Å². The predicted molar refractivity (Wildman–Crippen MR) is 134 cm³/mol. The third-order valence-electron chi connectivity index (χ3n) is 5.46. The Balaban J connectivity index is 1.71. The summed E-state index contributed by atoms with van der Waals surface area (Å²) in [5, 5.41) is 2.89. The average Bonchev–Trinajstić information content (AvgIpc) is 2.83. The van der Waals surface area contributed by atoms with Crippen molar-refractivity contribution in [3.63, 3.8) is 0 Å². The van der Waals surface area contributed by atoms with Crippen LogP contribution in [0.1, 0.15) is 94.8 Å². The van der Waals surface area contributed by atoms with E-state index in [0.717, 1.165) is 37.9 Å². The zero-order chi connectivity index (χ0) is 23.7. The number of hydrogen-bond donors (Lipinski definition) is 1. The topological polar surface area (TPSA) is 64.6 Å². The Morgan fingerprint density at radius 2 is 1.27 bits per heavy atom. The molecule has 0 atom stereocenters. The van der Waals surface area contributed by atoms with E-state index in [2.05, 4.69) is 19.2 Å². The summed E-state index contributed by atoms with van der Waals surface area (Å²) in [6.45, 7) is 5.06. The molecule has 0 saturated heterocycles. The number of rotatable bonds is 16. The van der Waals surface area contributed by atoms with Gasteiger partial charge in [-0.15, -0.1) is 0 Å². The fraction of sp³-hybridized carbons (Fsp3) is 0.500. The molecule has 180 valence electrons. The number of ether oxygens (including phenoxy) is 2. The first-order chi connectivity index (χ1) is 16.1. The van der Waals surface area contributed by atoms with Crippen LogP contribution in [0.5, 0.6) is 11.5 Å². The highest BCUT2D eigenvalue weighted by molar-refractivity contribution is 5.93. The lowest BCUT2D eigenvalue weighted by atomic mass is 10.1. The van der Waals surface area contributed by atoms with Crippen molar-refractivity contribution in [2.45, 2.75) is 84.5 Å². The number of benzene rings is 2. The van der Waals surface area contributed by atoms with Crippen LogP contribution in [0.3, 0.4) is 0 Å². The summed E-state index contributed by atoms with van der Waals surface area (Å²) in [4.78, 5) is 24.5. The van der Waals surface area contributed by atoms with Gasteiger partial charge in [0.05, 0.1) is 12.2 Å². The largest absolute Gasteiger partial charge is 0.494 e. The van der Waals surface area contributed by atoms with Crippen LogP contribution in [0.25, 0.3) is 0 Å². The van der Waals surface area contributed by atoms with Gasteiger partial charge in [-0.1, -0.05) is 65.2 Å². The van der Waals surface area contributed by atoms with Gasteiger partial charge < -0.3 is 14.8 Å². The summed E-state index contributed by atoms with van der Waals surface area (Å²) >= 11 is 0. The van der Waals surface area contributed by atoms with E-state index in [4.69, 9.17) is 9.47 Å². The van der Waals surface area contributed by atoms with E-state index in [1.807, 2.05) is 0 Å². The second kappa shape index (κ2) is 15.9. The van der Waals surface area contributed by atoms with Crippen molar-refractivity contribution in [2.75, 3.05) is 11.9 Å². The highest BCUT2D eigenvalue weighted by Crippen LogP contribution is 2.20. The smallest absolute Gasteiger partial charge is 0.343 e. The van der Waals surface area contributed by atoms with Crippen LogP contribution >= 0.6 is 0 Å². The SMILES string of the molecule is CCCCCCCCCC(=O)Nc1ccc(C(=O)Oc2ccc(OCCCCC)cc2)cc1. The molecule has 0 fully saturated rings. The molecular weight excluding hydrogens is 414 g/mol. The molecule has 0 heterocycles. The molecule has 0 aliphatic rings. The molecule has 0 aliphatic heterocycles. The first kappa shape index (κ1) is 26.4. The van der Waals surface area contributed by atoms with Crippen LogP contribution in [-0.2, 0) is 4.79 Å². The summed E-state index contributed by atoms with van der Waals surface area (Å²) < 4.78 is 11.1. The minimum Gasteiger partial charge on any atom is -0.494 e. The molecule has 2 aromatic carbocycles. The van der Waals surface area contributed by atoms with Gasteiger partial charge in [-0.2, -0.15) is 0 Å². The molecule has 2 rings (SSSR count). The lowest BCUT2D eigenvalue weighted by molar-refractivity contribution is -0.116. The molecule has 0 spiro atoms. The number of amides is 1. The summed E-state index contributed by atoms with van der Waals surface area (Å²) in [5.74, 6) is 0.805. The van der Waals surface area contributed by atoms with E-state index >= 15 is 0 Å². The second-order valence-corrected chi connectivity index (χ2v) is 8.41. The molecule has 0 aromatic heterocycles. The Bertz CT molecular complexity index is 815. The van der Waals surface area contributed by atoms with E-state index in [1.54, 1.807) is 48.5 Å². The minimum absolute atomic E-state index is 0.0101.